The maximum Gasteiger partial charge on any atom is 0.272 e. The van der Waals surface area contributed by atoms with E-state index in [1.807, 2.05) is 31.2 Å². The third kappa shape index (κ3) is 6.92. The molecule has 0 aliphatic carbocycles. The van der Waals surface area contributed by atoms with Crippen LogP contribution >= 0.6 is 46.3 Å². The fourth-order valence-corrected chi connectivity index (χ4v) is 6.92. The van der Waals surface area contributed by atoms with Gasteiger partial charge in [-0.1, -0.05) is 58.4 Å². The molecule has 12 heteroatoms. The zero-order valence-electron chi connectivity index (χ0n) is 21.6. The number of pyridine rings is 2. The highest BCUT2D eigenvalue weighted by Gasteiger charge is 2.34. The fraction of sp³-hybridized carbons (Fsp3) is 0.286. The molecule has 1 aromatic carbocycles. The molecule has 0 bridgehead atoms. The van der Waals surface area contributed by atoms with Crippen LogP contribution in [0, 0.1) is 18.2 Å². The summed E-state index contributed by atoms with van der Waals surface area (Å²) < 4.78 is 16.2. The first-order valence-electron chi connectivity index (χ1n) is 12.7. The van der Waals surface area contributed by atoms with E-state index in [0.717, 1.165) is 41.3 Å². The maximum atomic E-state index is 15.5. The second-order valence-electron chi connectivity index (χ2n) is 9.72. The number of carbonyl (C=O) groups is 1. The average Bonchev–Trinajstić information content (AvgIpc) is 3.38. The summed E-state index contributed by atoms with van der Waals surface area (Å²) in [7, 11) is 0. The fourth-order valence-electron chi connectivity index (χ4n) is 4.66. The number of aryl methyl sites for hydroxylation is 1. The molecule has 0 spiro atoms. The van der Waals surface area contributed by atoms with E-state index in [2.05, 4.69) is 30.9 Å². The summed E-state index contributed by atoms with van der Waals surface area (Å²) in [5.41, 5.74) is 1.54. The summed E-state index contributed by atoms with van der Waals surface area (Å²) in [6, 6.07) is 11.0. The zero-order chi connectivity index (χ0) is 28.1. The molecule has 4 heterocycles. The number of rotatable bonds is 9. The second kappa shape index (κ2) is 12.8. The summed E-state index contributed by atoms with van der Waals surface area (Å²) in [5, 5.41) is 11.2. The molecule has 1 amide bonds. The van der Waals surface area contributed by atoms with Crippen molar-refractivity contribution in [3.8, 4) is 0 Å². The Balaban J connectivity index is 1.27. The number of amides is 1. The van der Waals surface area contributed by atoms with Gasteiger partial charge in [0.2, 0.25) is 0 Å². The smallest absolute Gasteiger partial charge is 0.272 e. The van der Waals surface area contributed by atoms with Gasteiger partial charge in [-0.15, -0.1) is 0 Å². The first kappa shape index (κ1) is 28.8. The van der Waals surface area contributed by atoms with Gasteiger partial charge in [-0.2, -0.15) is 0 Å². The van der Waals surface area contributed by atoms with E-state index in [4.69, 9.17) is 23.2 Å². The van der Waals surface area contributed by atoms with Crippen molar-refractivity contribution in [2.24, 2.45) is 5.41 Å². The first-order chi connectivity index (χ1) is 19.3. The summed E-state index contributed by atoms with van der Waals surface area (Å²) in [6.07, 6.45) is 7.15. The molecule has 3 aromatic heterocycles. The van der Waals surface area contributed by atoms with E-state index < -0.39 is 11.7 Å². The second-order valence-corrected chi connectivity index (χ2v) is 12.9. The van der Waals surface area contributed by atoms with E-state index in [1.54, 1.807) is 24.5 Å². The predicted molar refractivity (Wildman–Crippen MR) is 160 cm³/mol. The first-order valence-corrected chi connectivity index (χ1v) is 15.1. The van der Waals surface area contributed by atoms with Gasteiger partial charge in [0.15, 0.2) is 16.6 Å². The lowest BCUT2D eigenvalue weighted by molar-refractivity contribution is 0.0903. The Morgan fingerprint density at radius 1 is 1.15 bits per heavy atom. The Bertz CT molecular complexity index is 1510. The van der Waals surface area contributed by atoms with Crippen LogP contribution in [0.5, 0.6) is 0 Å². The predicted octanol–water partition coefficient (Wildman–Crippen LogP) is 6.92. The molecule has 4 aromatic rings. The molecule has 7 nitrogen and oxygen atoms in total. The number of nitrogens with zero attached hydrogens (tertiary/aromatic N) is 3. The minimum absolute atomic E-state index is 0.235. The standard InChI is InChI=1S/C28H27Cl2FN6OS2/c1-17-5-9-33-21(13-17)37-27-35-15-22(40-27)39-20-6-10-34-25(24(20)31)26(38)36-16-28(7-11-32-12-8-28)14-18-3-2-4-19(29)23(18)30/h2-6,9-10,13,15,32H,7-8,11-12,14,16H2,1H3,(H,36,38)(H,33,35,37). The lowest BCUT2D eigenvalue weighted by atomic mass is 9.74. The lowest BCUT2D eigenvalue weighted by Crippen LogP contribution is -2.46. The van der Waals surface area contributed by atoms with Crippen LogP contribution in [0.4, 0.5) is 15.3 Å². The molecule has 1 saturated heterocycles. The number of thiazole rings is 1. The Morgan fingerprint density at radius 2 is 1.95 bits per heavy atom. The van der Waals surface area contributed by atoms with Crippen molar-refractivity contribution in [1.29, 1.82) is 0 Å². The van der Waals surface area contributed by atoms with Gasteiger partial charge < -0.3 is 16.0 Å². The van der Waals surface area contributed by atoms with E-state index in [-0.39, 0.29) is 11.1 Å². The van der Waals surface area contributed by atoms with Crippen molar-refractivity contribution in [1.82, 2.24) is 25.6 Å². The normalized spacial score (nSPS) is 14.6. The summed E-state index contributed by atoms with van der Waals surface area (Å²) >= 11 is 15.3. The SMILES string of the molecule is Cc1ccnc(Nc2ncc(Sc3ccnc(C(=O)NCC4(Cc5cccc(Cl)c5Cl)CCNCC4)c3F)s2)c1. The molecule has 40 heavy (non-hydrogen) atoms. The topological polar surface area (TPSA) is 91.8 Å². The minimum Gasteiger partial charge on any atom is -0.350 e. The molecule has 1 aliphatic rings. The Labute approximate surface area is 250 Å². The van der Waals surface area contributed by atoms with Gasteiger partial charge in [-0.3, -0.25) is 4.79 Å². The quantitative estimate of drug-likeness (QED) is 0.188. The lowest BCUT2D eigenvalue weighted by Gasteiger charge is -2.38. The van der Waals surface area contributed by atoms with Crippen LogP contribution in [-0.4, -0.2) is 40.5 Å². The highest BCUT2D eigenvalue weighted by atomic mass is 35.5. The van der Waals surface area contributed by atoms with Gasteiger partial charge in [-0.25, -0.2) is 19.3 Å². The van der Waals surface area contributed by atoms with Crippen LogP contribution in [0.1, 0.15) is 34.5 Å². The minimum atomic E-state index is -0.662. The van der Waals surface area contributed by atoms with Crippen molar-refractivity contribution in [2.75, 3.05) is 25.0 Å². The van der Waals surface area contributed by atoms with Crippen LogP contribution in [-0.2, 0) is 6.42 Å². The third-order valence-electron chi connectivity index (χ3n) is 6.80. The molecule has 208 valence electrons. The average molecular weight is 618 g/mol. The van der Waals surface area contributed by atoms with Crippen molar-refractivity contribution in [2.45, 2.75) is 35.3 Å². The monoisotopic (exact) mass is 616 g/mol. The number of halogens is 3. The Hall–Kier alpha value is -2.76. The molecule has 1 fully saturated rings. The van der Waals surface area contributed by atoms with Crippen LogP contribution in [0.15, 0.2) is 64.1 Å². The highest BCUT2D eigenvalue weighted by Crippen LogP contribution is 2.38. The third-order valence-corrected chi connectivity index (χ3v) is 9.71. The number of benzene rings is 1. The van der Waals surface area contributed by atoms with Gasteiger partial charge in [-0.05, 0) is 80.1 Å². The molecule has 0 radical (unpaired) electrons. The zero-order valence-corrected chi connectivity index (χ0v) is 24.8. The number of anilines is 2. The van der Waals surface area contributed by atoms with Crippen LogP contribution in [0.25, 0.3) is 0 Å². The van der Waals surface area contributed by atoms with E-state index in [0.29, 0.717) is 38.9 Å². The van der Waals surface area contributed by atoms with Gasteiger partial charge >= 0.3 is 0 Å². The van der Waals surface area contributed by atoms with Crippen LogP contribution < -0.4 is 16.0 Å². The van der Waals surface area contributed by atoms with Crippen LogP contribution in [0.3, 0.4) is 0 Å². The molecule has 0 atom stereocenters. The largest absolute Gasteiger partial charge is 0.350 e. The maximum absolute atomic E-state index is 15.5. The summed E-state index contributed by atoms with van der Waals surface area (Å²) in [6.45, 7) is 3.99. The number of piperidine rings is 1. The van der Waals surface area contributed by atoms with Crippen molar-refractivity contribution < 1.29 is 9.18 Å². The van der Waals surface area contributed by atoms with Gasteiger partial charge in [0.05, 0.1) is 25.3 Å². The van der Waals surface area contributed by atoms with Gasteiger partial charge in [0.1, 0.15) is 5.82 Å². The van der Waals surface area contributed by atoms with Crippen molar-refractivity contribution in [3.05, 3.63) is 87.7 Å². The number of hydrogen-bond acceptors (Lipinski definition) is 8. The molecular formula is C28H27Cl2FN6OS2. The van der Waals surface area contributed by atoms with Crippen LogP contribution in [0.2, 0.25) is 10.0 Å². The van der Waals surface area contributed by atoms with Gasteiger partial charge in [0, 0.05) is 18.9 Å². The molecule has 3 N–H and O–H groups in total. The molecule has 0 unspecified atom stereocenters. The summed E-state index contributed by atoms with van der Waals surface area (Å²) in [4.78, 5) is 26.2. The van der Waals surface area contributed by atoms with Crippen molar-refractivity contribution >= 4 is 63.2 Å². The molecular weight excluding hydrogens is 590 g/mol. The number of hydrogen-bond donors (Lipinski definition) is 3. The van der Waals surface area contributed by atoms with Gasteiger partial charge in [0.25, 0.3) is 5.91 Å². The molecule has 5 rings (SSSR count). The van der Waals surface area contributed by atoms with E-state index in [1.165, 1.54) is 29.3 Å². The molecule has 1 aliphatic heterocycles. The number of aromatic nitrogens is 3. The summed E-state index contributed by atoms with van der Waals surface area (Å²) in [5.74, 6) is -0.526. The number of carbonyl (C=O) groups excluding carboxylic acids is 1. The molecule has 0 saturated carbocycles. The van der Waals surface area contributed by atoms with Crippen molar-refractivity contribution in [3.63, 3.8) is 0 Å². The Kier molecular flexibility index (Phi) is 9.22. The van der Waals surface area contributed by atoms with E-state index in [9.17, 15) is 4.79 Å². The Morgan fingerprint density at radius 3 is 2.75 bits per heavy atom. The highest BCUT2D eigenvalue weighted by molar-refractivity contribution is 8.01. The number of nitrogens with one attached hydrogen (secondary N) is 3. The van der Waals surface area contributed by atoms with E-state index >= 15 is 4.39 Å².